The van der Waals surface area contributed by atoms with E-state index in [2.05, 4.69) is 31.9 Å². The Morgan fingerprint density at radius 3 is 3.12 bits per heavy atom. The van der Waals surface area contributed by atoms with Crippen LogP contribution in [-0.2, 0) is 6.54 Å². The summed E-state index contributed by atoms with van der Waals surface area (Å²) >= 11 is 3.43. The summed E-state index contributed by atoms with van der Waals surface area (Å²) < 4.78 is 1.04. The molecule has 2 rings (SSSR count). The molecule has 0 aromatic carbocycles. The summed E-state index contributed by atoms with van der Waals surface area (Å²) in [5.41, 5.74) is 1.25. The van der Waals surface area contributed by atoms with Crippen molar-refractivity contribution in [2.75, 3.05) is 19.7 Å². The predicted molar refractivity (Wildman–Crippen MR) is 67.0 cm³/mol. The quantitative estimate of drug-likeness (QED) is 0.919. The zero-order valence-electron chi connectivity index (χ0n) is 9.27. The number of nitrogens with zero attached hydrogens (tertiary/aromatic N) is 2. The van der Waals surface area contributed by atoms with E-state index < -0.39 is 0 Å². The molecule has 3 nitrogen and oxygen atoms in total. The Kier molecular flexibility index (Phi) is 4.32. The van der Waals surface area contributed by atoms with Gasteiger partial charge in [-0.15, -0.1) is 0 Å². The van der Waals surface area contributed by atoms with E-state index in [0.29, 0.717) is 12.5 Å². The van der Waals surface area contributed by atoms with Gasteiger partial charge in [0.1, 0.15) is 0 Å². The van der Waals surface area contributed by atoms with E-state index in [0.717, 1.165) is 30.5 Å². The van der Waals surface area contributed by atoms with Crippen LogP contribution < -0.4 is 0 Å². The van der Waals surface area contributed by atoms with Gasteiger partial charge in [-0.25, -0.2) is 0 Å². The SMILES string of the molecule is OCCC1CCN(Cc2cncc(Br)c2)C1. The lowest BCUT2D eigenvalue weighted by atomic mass is 10.1. The first-order valence-corrected chi connectivity index (χ1v) is 6.50. The molecule has 1 unspecified atom stereocenters. The van der Waals surface area contributed by atoms with Crippen molar-refractivity contribution in [2.24, 2.45) is 5.92 Å². The van der Waals surface area contributed by atoms with Crippen LogP contribution in [0.1, 0.15) is 18.4 Å². The van der Waals surface area contributed by atoms with Crippen molar-refractivity contribution in [1.82, 2.24) is 9.88 Å². The first kappa shape index (κ1) is 12.0. The van der Waals surface area contributed by atoms with Gasteiger partial charge in [-0.3, -0.25) is 9.88 Å². The second-order valence-corrected chi connectivity index (χ2v) is 5.33. The monoisotopic (exact) mass is 284 g/mol. The minimum absolute atomic E-state index is 0.316. The summed E-state index contributed by atoms with van der Waals surface area (Å²) in [7, 11) is 0. The van der Waals surface area contributed by atoms with Crippen molar-refractivity contribution in [2.45, 2.75) is 19.4 Å². The van der Waals surface area contributed by atoms with E-state index in [1.807, 2.05) is 12.4 Å². The number of likely N-dealkylation sites (tertiary alicyclic amines) is 1. The molecule has 1 atom stereocenters. The summed E-state index contributed by atoms with van der Waals surface area (Å²) in [4.78, 5) is 6.60. The topological polar surface area (TPSA) is 36.4 Å². The van der Waals surface area contributed by atoms with Gasteiger partial charge in [-0.1, -0.05) is 0 Å². The molecule has 1 aliphatic heterocycles. The first-order chi connectivity index (χ1) is 7.78. The third kappa shape index (κ3) is 3.27. The molecule has 1 N–H and O–H groups in total. The second-order valence-electron chi connectivity index (χ2n) is 4.41. The molecule has 2 heterocycles. The largest absolute Gasteiger partial charge is 0.396 e. The van der Waals surface area contributed by atoms with Crippen molar-refractivity contribution in [3.63, 3.8) is 0 Å². The number of hydrogen-bond donors (Lipinski definition) is 1. The smallest absolute Gasteiger partial charge is 0.0434 e. The van der Waals surface area contributed by atoms with Crippen molar-refractivity contribution < 1.29 is 5.11 Å². The van der Waals surface area contributed by atoms with Crippen molar-refractivity contribution in [1.29, 1.82) is 0 Å². The van der Waals surface area contributed by atoms with Gasteiger partial charge in [-0.2, -0.15) is 0 Å². The number of hydrogen-bond acceptors (Lipinski definition) is 3. The Labute approximate surface area is 105 Å². The Hall–Kier alpha value is -0.450. The van der Waals surface area contributed by atoms with Gasteiger partial charge in [0.05, 0.1) is 0 Å². The van der Waals surface area contributed by atoms with Gasteiger partial charge >= 0.3 is 0 Å². The van der Waals surface area contributed by atoms with Gasteiger partial charge in [0.15, 0.2) is 0 Å². The van der Waals surface area contributed by atoms with Crippen LogP contribution in [0.5, 0.6) is 0 Å². The predicted octanol–water partition coefficient (Wildman–Crippen LogP) is 2.05. The van der Waals surface area contributed by atoms with Gasteiger partial charge in [0.2, 0.25) is 0 Å². The number of pyridine rings is 1. The molecule has 16 heavy (non-hydrogen) atoms. The van der Waals surface area contributed by atoms with Crippen LogP contribution in [-0.4, -0.2) is 34.7 Å². The van der Waals surface area contributed by atoms with Crippen LogP contribution in [0.4, 0.5) is 0 Å². The number of aromatic nitrogens is 1. The molecule has 0 spiro atoms. The summed E-state index contributed by atoms with van der Waals surface area (Å²) in [6.07, 6.45) is 5.88. The van der Waals surface area contributed by atoms with E-state index in [1.165, 1.54) is 12.0 Å². The Morgan fingerprint density at radius 1 is 1.50 bits per heavy atom. The Morgan fingerprint density at radius 2 is 2.38 bits per heavy atom. The highest BCUT2D eigenvalue weighted by Gasteiger charge is 2.21. The van der Waals surface area contributed by atoms with Crippen LogP contribution in [0, 0.1) is 5.92 Å². The molecule has 1 aliphatic rings. The zero-order chi connectivity index (χ0) is 11.4. The maximum Gasteiger partial charge on any atom is 0.0434 e. The maximum absolute atomic E-state index is 8.90. The average molecular weight is 285 g/mol. The molecule has 0 bridgehead atoms. The molecular weight excluding hydrogens is 268 g/mol. The highest BCUT2D eigenvalue weighted by Crippen LogP contribution is 2.21. The molecule has 1 aromatic rings. The van der Waals surface area contributed by atoms with E-state index in [4.69, 9.17) is 5.11 Å². The minimum Gasteiger partial charge on any atom is -0.396 e. The average Bonchev–Trinajstić information content (AvgIpc) is 2.66. The normalized spacial score (nSPS) is 21.5. The molecular formula is C12H17BrN2O. The lowest BCUT2D eigenvalue weighted by Crippen LogP contribution is -2.20. The molecule has 0 amide bonds. The summed E-state index contributed by atoms with van der Waals surface area (Å²) in [5.74, 6) is 0.671. The zero-order valence-corrected chi connectivity index (χ0v) is 10.9. The van der Waals surface area contributed by atoms with E-state index >= 15 is 0 Å². The van der Waals surface area contributed by atoms with E-state index in [-0.39, 0.29) is 0 Å². The van der Waals surface area contributed by atoms with Crippen molar-refractivity contribution in [3.8, 4) is 0 Å². The maximum atomic E-state index is 8.90. The summed E-state index contributed by atoms with van der Waals surface area (Å²) in [5, 5.41) is 8.90. The van der Waals surface area contributed by atoms with Gasteiger partial charge < -0.3 is 5.11 Å². The highest BCUT2D eigenvalue weighted by molar-refractivity contribution is 9.10. The molecule has 4 heteroatoms. The third-order valence-electron chi connectivity index (χ3n) is 3.08. The standard InChI is InChI=1S/C12H17BrN2O/c13-12-5-11(6-14-7-12)9-15-3-1-10(8-15)2-4-16/h5-7,10,16H,1-4,8-9H2. The van der Waals surface area contributed by atoms with Crippen LogP contribution in [0.3, 0.4) is 0 Å². The summed E-state index contributed by atoms with van der Waals surface area (Å²) in [6, 6.07) is 2.12. The van der Waals surface area contributed by atoms with E-state index in [9.17, 15) is 0 Å². The fourth-order valence-corrected chi connectivity index (χ4v) is 2.69. The molecule has 0 aliphatic carbocycles. The molecule has 1 saturated heterocycles. The Bertz CT molecular complexity index is 346. The van der Waals surface area contributed by atoms with Crippen molar-refractivity contribution in [3.05, 3.63) is 28.5 Å². The number of rotatable bonds is 4. The lowest BCUT2D eigenvalue weighted by Gasteiger charge is -2.15. The number of aliphatic hydroxyl groups excluding tert-OH is 1. The fourth-order valence-electron chi connectivity index (χ4n) is 2.28. The van der Waals surface area contributed by atoms with Crippen LogP contribution in [0.2, 0.25) is 0 Å². The van der Waals surface area contributed by atoms with Gasteiger partial charge in [0.25, 0.3) is 0 Å². The second kappa shape index (κ2) is 5.75. The molecule has 88 valence electrons. The minimum atomic E-state index is 0.316. The first-order valence-electron chi connectivity index (χ1n) is 5.70. The lowest BCUT2D eigenvalue weighted by molar-refractivity contribution is 0.249. The summed E-state index contributed by atoms with van der Waals surface area (Å²) in [6.45, 7) is 3.52. The third-order valence-corrected chi connectivity index (χ3v) is 3.51. The molecule has 1 aromatic heterocycles. The van der Waals surface area contributed by atoms with Gasteiger partial charge in [-0.05, 0) is 52.9 Å². The fraction of sp³-hybridized carbons (Fsp3) is 0.583. The highest BCUT2D eigenvalue weighted by atomic mass is 79.9. The van der Waals surface area contributed by atoms with Crippen LogP contribution >= 0.6 is 15.9 Å². The molecule has 1 fully saturated rings. The Balaban J connectivity index is 1.87. The molecule has 0 saturated carbocycles. The van der Waals surface area contributed by atoms with Crippen LogP contribution in [0.25, 0.3) is 0 Å². The van der Waals surface area contributed by atoms with Crippen molar-refractivity contribution >= 4 is 15.9 Å². The van der Waals surface area contributed by atoms with Crippen LogP contribution in [0.15, 0.2) is 22.9 Å². The van der Waals surface area contributed by atoms with E-state index in [1.54, 1.807) is 0 Å². The number of aliphatic hydroxyl groups is 1. The molecule has 0 radical (unpaired) electrons. The van der Waals surface area contributed by atoms with Gasteiger partial charge in [0, 0.05) is 36.6 Å². The number of halogens is 1.